The van der Waals surface area contributed by atoms with Gasteiger partial charge in [-0.25, -0.2) is 0 Å². The fourth-order valence-electron chi connectivity index (χ4n) is 0.363. The molecule has 0 heterocycles. The molecule has 0 aromatic carbocycles. The van der Waals surface area contributed by atoms with E-state index in [2.05, 4.69) is 5.73 Å². The molecule has 0 bridgehead atoms. The molecule has 0 aliphatic heterocycles. The molecule has 0 saturated carbocycles. The molecule has 0 saturated heterocycles. The minimum atomic E-state index is -1.18. The summed E-state index contributed by atoms with van der Waals surface area (Å²) in [5.74, 6) is -3.06. The lowest BCUT2D eigenvalue weighted by atomic mass is 10.1. The Morgan fingerprint density at radius 2 is 1.35 bits per heavy atom. The molecule has 10 N–H and O–H groups in total. The van der Waals surface area contributed by atoms with Crippen molar-refractivity contribution in [3.05, 3.63) is 0 Å². The van der Waals surface area contributed by atoms with Crippen molar-refractivity contribution in [2.24, 2.45) is 23.1 Å². The van der Waals surface area contributed by atoms with Gasteiger partial charge in [-0.15, -0.1) is 0 Å². The summed E-state index contributed by atoms with van der Waals surface area (Å²) in [5, 5.41) is 31.7. The first-order valence-electron chi connectivity index (χ1n) is 5.50. The maximum atomic E-state index is 10.0. The van der Waals surface area contributed by atoms with Gasteiger partial charge in [0.15, 0.2) is 0 Å². The van der Waals surface area contributed by atoms with Crippen molar-refractivity contribution >= 4 is 17.9 Å². The van der Waals surface area contributed by atoms with Crippen molar-refractivity contribution in [1.29, 1.82) is 0 Å². The summed E-state index contributed by atoms with van der Waals surface area (Å²) >= 11 is 0. The average molecular weight is 297 g/mol. The predicted octanol–water partition coefficient (Wildman–Crippen LogP) is -2.53. The smallest absolute Gasteiger partial charge is 0.322 e. The molecule has 0 rings (SSSR count). The van der Waals surface area contributed by atoms with E-state index >= 15 is 0 Å². The van der Waals surface area contributed by atoms with Crippen LogP contribution in [-0.4, -0.2) is 63.6 Å². The molecular weight excluding hydrogens is 274 g/mol. The lowest BCUT2D eigenvalue weighted by Gasteiger charge is -2.07. The molecule has 10 nitrogen and oxygen atoms in total. The van der Waals surface area contributed by atoms with Gasteiger partial charge in [0.1, 0.15) is 12.1 Å². The molecule has 0 aromatic heterocycles. The third-order valence-electron chi connectivity index (χ3n) is 1.69. The maximum absolute atomic E-state index is 10.0. The van der Waals surface area contributed by atoms with E-state index in [1.807, 2.05) is 0 Å². The van der Waals surface area contributed by atoms with Crippen LogP contribution in [0, 0.1) is 5.92 Å². The van der Waals surface area contributed by atoms with Gasteiger partial charge in [0.05, 0.1) is 13.2 Å². The molecule has 0 aliphatic rings. The molecule has 0 spiro atoms. The Kier molecular flexibility index (Phi) is 16.0. The molecule has 0 radical (unpaired) electrons. The number of carboxylic acid groups (broad SMARTS) is 3. The highest BCUT2D eigenvalue weighted by Crippen LogP contribution is 1.96. The topological polar surface area (TPSA) is 210 Å². The Morgan fingerprint density at radius 1 is 1.00 bits per heavy atom. The van der Waals surface area contributed by atoms with Crippen molar-refractivity contribution in [2.45, 2.75) is 25.9 Å². The van der Waals surface area contributed by atoms with Crippen LogP contribution >= 0.6 is 0 Å². The van der Waals surface area contributed by atoms with Crippen LogP contribution in [-0.2, 0) is 14.4 Å². The first-order valence-corrected chi connectivity index (χ1v) is 5.50. The molecule has 2 unspecified atom stereocenters. The highest BCUT2D eigenvalue weighted by Gasteiger charge is 2.14. The third kappa shape index (κ3) is 18.6. The highest BCUT2D eigenvalue weighted by molar-refractivity contribution is 5.73. The SMILES string of the molecule is CC(C)C(N)C(=O)O.NC(CO)C(=O)O.NCC(=O)O. The number of aliphatic hydroxyl groups is 1. The van der Waals surface area contributed by atoms with Crippen LogP contribution in [0.3, 0.4) is 0 Å². The number of carboxylic acids is 3. The first-order chi connectivity index (χ1) is 9.00. The van der Waals surface area contributed by atoms with E-state index in [1.54, 1.807) is 13.8 Å². The zero-order valence-electron chi connectivity index (χ0n) is 11.4. The van der Waals surface area contributed by atoms with Crippen molar-refractivity contribution in [3.63, 3.8) is 0 Å². The predicted molar refractivity (Wildman–Crippen MR) is 69.8 cm³/mol. The van der Waals surface area contributed by atoms with Crippen LogP contribution in [0.5, 0.6) is 0 Å². The fraction of sp³-hybridized carbons (Fsp3) is 0.700. The molecule has 0 amide bonds. The van der Waals surface area contributed by atoms with Gasteiger partial charge in [-0.3, -0.25) is 14.4 Å². The minimum Gasteiger partial charge on any atom is -0.480 e. The second kappa shape index (κ2) is 13.7. The molecule has 20 heavy (non-hydrogen) atoms. The summed E-state index contributed by atoms with van der Waals surface area (Å²) in [6, 6.07) is -1.84. The normalized spacial score (nSPS) is 12.2. The van der Waals surface area contributed by atoms with Gasteiger partial charge in [0.25, 0.3) is 0 Å². The third-order valence-corrected chi connectivity index (χ3v) is 1.69. The van der Waals surface area contributed by atoms with Crippen LogP contribution < -0.4 is 17.2 Å². The Labute approximate surface area is 116 Å². The van der Waals surface area contributed by atoms with Gasteiger partial charge in [0.2, 0.25) is 0 Å². The zero-order chi connectivity index (χ0) is 16.9. The van der Waals surface area contributed by atoms with Crippen LogP contribution in [0.15, 0.2) is 0 Å². The second-order valence-corrected chi connectivity index (χ2v) is 3.83. The maximum Gasteiger partial charge on any atom is 0.322 e. The van der Waals surface area contributed by atoms with Crippen LogP contribution in [0.2, 0.25) is 0 Å². The van der Waals surface area contributed by atoms with Gasteiger partial charge in [-0.2, -0.15) is 0 Å². The van der Waals surface area contributed by atoms with E-state index in [1.165, 1.54) is 0 Å². The lowest BCUT2D eigenvalue weighted by molar-refractivity contribution is -0.140. The largest absolute Gasteiger partial charge is 0.480 e. The van der Waals surface area contributed by atoms with Crippen molar-refractivity contribution < 1.29 is 34.8 Å². The van der Waals surface area contributed by atoms with E-state index in [4.69, 9.17) is 31.9 Å². The number of hydrogen-bond acceptors (Lipinski definition) is 7. The van der Waals surface area contributed by atoms with Crippen LogP contribution in [0.25, 0.3) is 0 Å². The standard InChI is InChI=1S/C5H11NO2.C3H7NO3.C2H5NO2/c1-3(2)4(6)5(7)8;4-2(1-5)3(6)7;3-1-2(4)5/h3-4H,6H2,1-2H3,(H,7,8);2,5H,1,4H2,(H,6,7);1,3H2,(H,4,5). The first kappa shape index (κ1) is 23.4. The molecule has 0 aromatic rings. The van der Waals surface area contributed by atoms with E-state index in [9.17, 15) is 14.4 Å². The molecule has 120 valence electrons. The van der Waals surface area contributed by atoms with Gasteiger partial charge in [-0.05, 0) is 5.92 Å². The summed E-state index contributed by atoms with van der Waals surface area (Å²) in [4.78, 5) is 28.9. The van der Waals surface area contributed by atoms with Gasteiger partial charge in [0, 0.05) is 0 Å². The highest BCUT2D eigenvalue weighted by atomic mass is 16.4. The van der Waals surface area contributed by atoms with E-state index in [-0.39, 0.29) is 12.5 Å². The van der Waals surface area contributed by atoms with Crippen molar-refractivity contribution in [1.82, 2.24) is 0 Å². The summed E-state index contributed by atoms with van der Waals surface area (Å²) in [7, 11) is 0. The minimum absolute atomic E-state index is 0.0208. The number of aliphatic hydroxyl groups excluding tert-OH is 1. The van der Waals surface area contributed by atoms with Gasteiger partial charge >= 0.3 is 17.9 Å². The molecular formula is C10H23N3O7. The number of hydrogen-bond donors (Lipinski definition) is 7. The Hall–Kier alpha value is -1.75. The number of rotatable bonds is 5. The van der Waals surface area contributed by atoms with E-state index < -0.39 is 36.6 Å². The molecule has 10 heteroatoms. The van der Waals surface area contributed by atoms with Crippen molar-refractivity contribution in [3.8, 4) is 0 Å². The Morgan fingerprint density at radius 3 is 1.35 bits per heavy atom. The van der Waals surface area contributed by atoms with Gasteiger partial charge in [-0.1, -0.05) is 13.8 Å². The average Bonchev–Trinajstić information content (AvgIpc) is 2.37. The van der Waals surface area contributed by atoms with Crippen LogP contribution in [0.4, 0.5) is 0 Å². The van der Waals surface area contributed by atoms with Gasteiger partial charge < -0.3 is 37.6 Å². The van der Waals surface area contributed by atoms with E-state index in [0.717, 1.165) is 0 Å². The molecule has 2 atom stereocenters. The summed E-state index contributed by atoms with van der Waals surface area (Å²) in [5.41, 5.74) is 14.5. The van der Waals surface area contributed by atoms with Crippen LogP contribution in [0.1, 0.15) is 13.8 Å². The summed E-state index contributed by atoms with van der Waals surface area (Å²) in [6.45, 7) is 2.77. The Balaban J connectivity index is -0.000000223. The summed E-state index contributed by atoms with van der Waals surface area (Å²) in [6.07, 6.45) is 0. The quantitative estimate of drug-likeness (QED) is 0.283. The number of aliphatic carboxylic acids is 3. The second-order valence-electron chi connectivity index (χ2n) is 3.83. The number of nitrogens with two attached hydrogens (primary N) is 3. The van der Waals surface area contributed by atoms with Crippen molar-refractivity contribution in [2.75, 3.05) is 13.2 Å². The lowest BCUT2D eigenvalue weighted by Crippen LogP contribution is -2.34. The zero-order valence-corrected chi connectivity index (χ0v) is 11.4. The monoisotopic (exact) mass is 297 g/mol. The van der Waals surface area contributed by atoms with E-state index in [0.29, 0.717) is 0 Å². The summed E-state index contributed by atoms with van der Waals surface area (Å²) < 4.78 is 0. The molecule has 0 fully saturated rings. The number of carbonyl (C=O) groups is 3. The molecule has 0 aliphatic carbocycles. The Bertz CT molecular complexity index is 297. The fourth-order valence-corrected chi connectivity index (χ4v) is 0.363.